The van der Waals surface area contributed by atoms with E-state index in [2.05, 4.69) is 147 Å². The van der Waals surface area contributed by atoms with Gasteiger partial charge < -0.3 is 0 Å². The van der Waals surface area contributed by atoms with Gasteiger partial charge in [-0.1, -0.05) is 120 Å². The van der Waals surface area contributed by atoms with Crippen molar-refractivity contribution in [1.82, 2.24) is 0 Å². The van der Waals surface area contributed by atoms with Crippen molar-refractivity contribution in [3.63, 3.8) is 0 Å². The molecule has 0 aliphatic heterocycles. The Morgan fingerprint density at radius 3 is 1.26 bits per heavy atom. The van der Waals surface area contributed by atoms with Crippen LogP contribution in [0.25, 0.3) is 33.0 Å². The zero-order valence-electron chi connectivity index (χ0n) is 21.8. The molecule has 0 nitrogen and oxygen atoms in total. The van der Waals surface area contributed by atoms with Gasteiger partial charge >= 0.3 is 0 Å². The second kappa shape index (κ2) is 10.7. The third kappa shape index (κ3) is 5.59. The Hall–Kier alpha value is -4.07. The molecule has 0 bridgehead atoms. The molecule has 0 N–H and O–H groups in total. The van der Waals surface area contributed by atoms with Gasteiger partial charge in [0, 0.05) is 9.79 Å². The van der Waals surface area contributed by atoms with Crippen molar-refractivity contribution in [1.29, 1.82) is 0 Å². The molecule has 6 aromatic rings. The molecule has 0 unspecified atom stereocenters. The van der Waals surface area contributed by atoms with Crippen LogP contribution in [0.3, 0.4) is 0 Å². The number of hydrogen-bond acceptors (Lipinski definition) is 1. The molecule has 6 rings (SSSR count). The summed E-state index contributed by atoms with van der Waals surface area (Å²) in [7, 11) is 0. The van der Waals surface area contributed by atoms with Gasteiger partial charge in [0.15, 0.2) is 0 Å². The average Bonchev–Trinajstić information content (AvgIpc) is 2.96. The summed E-state index contributed by atoms with van der Waals surface area (Å²) in [4.78, 5) is 2.55. The van der Waals surface area contributed by atoms with Crippen LogP contribution in [0.2, 0.25) is 0 Å². The predicted octanol–water partition coefficient (Wildman–Crippen LogP) is 10.5. The van der Waals surface area contributed by atoms with Crippen molar-refractivity contribution in [2.24, 2.45) is 0 Å². The summed E-state index contributed by atoms with van der Waals surface area (Å²) in [5.41, 5.74) is 10.3. The third-order valence-corrected chi connectivity index (χ3v) is 8.12. The van der Waals surface area contributed by atoms with Gasteiger partial charge in [-0.3, -0.25) is 0 Å². The van der Waals surface area contributed by atoms with Gasteiger partial charge in [0.2, 0.25) is 0 Å². The van der Waals surface area contributed by atoms with Gasteiger partial charge in [0.05, 0.1) is 0 Å². The molecule has 1 heteroatoms. The van der Waals surface area contributed by atoms with Crippen molar-refractivity contribution in [2.45, 2.75) is 30.1 Å². The second-order valence-electron chi connectivity index (χ2n) is 10.1. The second-order valence-corrected chi connectivity index (χ2v) is 11.2. The fourth-order valence-electron chi connectivity index (χ4n) is 4.82. The first-order chi connectivity index (χ1) is 18.6. The van der Waals surface area contributed by atoms with Crippen LogP contribution in [0.1, 0.15) is 22.3 Å². The van der Waals surface area contributed by atoms with Crippen LogP contribution in [0, 0.1) is 13.8 Å². The first kappa shape index (κ1) is 24.3. The summed E-state index contributed by atoms with van der Waals surface area (Å²) in [6.45, 7) is 4.25. The number of benzene rings is 6. The Morgan fingerprint density at radius 1 is 0.395 bits per heavy atom. The minimum atomic E-state index is 0.940. The molecule has 0 saturated heterocycles. The van der Waals surface area contributed by atoms with Crippen molar-refractivity contribution >= 4 is 22.5 Å². The highest BCUT2D eigenvalue weighted by molar-refractivity contribution is 7.99. The standard InChI is InChI=1S/C37H30S/c1-26-3-11-30(12-4-26)32-15-17-35-25-33(16-18-34(35)24-32)31-13-7-28(8-14-31)23-29-9-21-37(22-10-29)38-36-19-5-27(2)6-20-36/h3-22,24-25H,23H2,1-2H3. The predicted molar refractivity (Wildman–Crippen MR) is 164 cm³/mol. The highest BCUT2D eigenvalue weighted by atomic mass is 32.2. The molecule has 0 heterocycles. The van der Waals surface area contributed by atoms with Gasteiger partial charge in [0.25, 0.3) is 0 Å². The van der Waals surface area contributed by atoms with Gasteiger partial charge in [-0.2, -0.15) is 0 Å². The van der Waals surface area contributed by atoms with Crippen molar-refractivity contribution in [3.05, 3.63) is 156 Å². The minimum absolute atomic E-state index is 0.940. The summed E-state index contributed by atoms with van der Waals surface area (Å²) < 4.78 is 0. The molecule has 0 amide bonds. The van der Waals surface area contributed by atoms with Gasteiger partial charge in [-0.05, 0) is 101 Å². The number of aryl methyl sites for hydroxylation is 2. The van der Waals surface area contributed by atoms with Crippen LogP contribution in [-0.2, 0) is 6.42 Å². The van der Waals surface area contributed by atoms with E-state index in [1.165, 1.54) is 65.1 Å². The number of hydrogen-bond donors (Lipinski definition) is 0. The summed E-state index contributed by atoms with van der Waals surface area (Å²) in [5, 5.41) is 2.54. The zero-order valence-corrected chi connectivity index (χ0v) is 22.6. The first-order valence-electron chi connectivity index (χ1n) is 13.1. The van der Waals surface area contributed by atoms with E-state index in [1.807, 2.05) is 11.8 Å². The van der Waals surface area contributed by atoms with E-state index in [9.17, 15) is 0 Å². The molecule has 0 saturated carbocycles. The van der Waals surface area contributed by atoms with E-state index in [-0.39, 0.29) is 0 Å². The van der Waals surface area contributed by atoms with Crippen LogP contribution in [-0.4, -0.2) is 0 Å². The minimum Gasteiger partial charge on any atom is -0.0901 e. The monoisotopic (exact) mass is 506 g/mol. The molecule has 184 valence electrons. The topological polar surface area (TPSA) is 0 Å². The van der Waals surface area contributed by atoms with Crippen LogP contribution < -0.4 is 0 Å². The van der Waals surface area contributed by atoms with Crippen LogP contribution in [0.4, 0.5) is 0 Å². The Balaban J connectivity index is 1.14. The summed E-state index contributed by atoms with van der Waals surface area (Å²) >= 11 is 1.81. The summed E-state index contributed by atoms with van der Waals surface area (Å²) in [6, 6.07) is 49.0. The number of rotatable bonds is 6. The molecular weight excluding hydrogens is 476 g/mol. The Labute approximate surface area is 230 Å². The highest BCUT2D eigenvalue weighted by Gasteiger charge is 2.05. The fourth-order valence-corrected chi connectivity index (χ4v) is 5.64. The highest BCUT2D eigenvalue weighted by Crippen LogP contribution is 2.30. The largest absolute Gasteiger partial charge is 0.0901 e. The van der Waals surface area contributed by atoms with E-state index in [4.69, 9.17) is 0 Å². The third-order valence-electron chi connectivity index (χ3n) is 7.10. The Kier molecular flexibility index (Phi) is 6.86. The maximum absolute atomic E-state index is 2.30. The molecule has 0 aromatic heterocycles. The maximum atomic E-state index is 2.30. The Morgan fingerprint density at radius 2 is 0.763 bits per heavy atom. The first-order valence-corrected chi connectivity index (χ1v) is 13.9. The van der Waals surface area contributed by atoms with Gasteiger partial charge in [-0.15, -0.1) is 0 Å². The molecule has 0 aliphatic rings. The van der Waals surface area contributed by atoms with E-state index >= 15 is 0 Å². The van der Waals surface area contributed by atoms with E-state index in [0.717, 1.165) is 6.42 Å². The molecule has 0 radical (unpaired) electrons. The van der Waals surface area contributed by atoms with Crippen molar-refractivity contribution in [2.75, 3.05) is 0 Å². The van der Waals surface area contributed by atoms with Gasteiger partial charge in [-0.25, -0.2) is 0 Å². The maximum Gasteiger partial charge on any atom is 0.0122 e. The lowest BCUT2D eigenvalue weighted by atomic mass is 9.96. The van der Waals surface area contributed by atoms with E-state index < -0.39 is 0 Å². The summed E-state index contributed by atoms with van der Waals surface area (Å²) in [5.74, 6) is 0. The Bertz CT molecular complexity index is 1680. The van der Waals surface area contributed by atoms with Gasteiger partial charge in [0.1, 0.15) is 0 Å². The molecular formula is C37H30S. The molecule has 38 heavy (non-hydrogen) atoms. The smallest absolute Gasteiger partial charge is 0.0122 e. The normalized spacial score (nSPS) is 11.1. The van der Waals surface area contributed by atoms with E-state index in [0.29, 0.717) is 0 Å². The van der Waals surface area contributed by atoms with Crippen LogP contribution >= 0.6 is 11.8 Å². The molecule has 6 aromatic carbocycles. The summed E-state index contributed by atoms with van der Waals surface area (Å²) in [6.07, 6.45) is 0.940. The lowest BCUT2D eigenvalue weighted by Gasteiger charge is -2.09. The van der Waals surface area contributed by atoms with E-state index in [1.54, 1.807) is 0 Å². The molecule has 0 atom stereocenters. The average molecular weight is 507 g/mol. The van der Waals surface area contributed by atoms with Crippen LogP contribution in [0.5, 0.6) is 0 Å². The molecule has 0 spiro atoms. The van der Waals surface area contributed by atoms with Crippen molar-refractivity contribution < 1.29 is 0 Å². The molecule has 0 aliphatic carbocycles. The lowest BCUT2D eigenvalue weighted by Crippen LogP contribution is -1.89. The number of fused-ring (bicyclic) bond motifs is 1. The van der Waals surface area contributed by atoms with Crippen molar-refractivity contribution in [3.8, 4) is 22.3 Å². The lowest BCUT2D eigenvalue weighted by molar-refractivity contribution is 1.18. The van der Waals surface area contributed by atoms with Crippen LogP contribution in [0.15, 0.2) is 143 Å². The molecule has 0 fully saturated rings. The quantitative estimate of drug-likeness (QED) is 0.216. The zero-order chi connectivity index (χ0) is 25.9. The fraction of sp³-hybridized carbons (Fsp3) is 0.0811. The SMILES string of the molecule is Cc1ccc(Sc2ccc(Cc3ccc(-c4ccc5cc(-c6ccc(C)cc6)ccc5c4)cc3)cc2)cc1.